The Hall–Kier alpha value is -2.15. The summed E-state index contributed by atoms with van der Waals surface area (Å²) in [6, 6.07) is 21.2. The molecule has 0 bridgehead atoms. The number of rotatable bonds is 4. The van der Waals surface area contributed by atoms with E-state index >= 15 is 0 Å². The Morgan fingerprint density at radius 1 is 0.917 bits per heavy atom. The molecule has 0 aliphatic heterocycles. The van der Waals surface area contributed by atoms with Crippen LogP contribution >= 0.6 is 0 Å². The molecule has 24 heavy (non-hydrogen) atoms. The molecule has 1 heteroatoms. The lowest BCUT2D eigenvalue weighted by molar-refractivity contribution is -0.120. The Kier molecular flexibility index (Phi) is 3.32. The lowest BCUT2D eigenvalue weighted by Gasteiger charge is -2.23. The lowest BCUT2D eigenvalue weighted by atomic mass is 9.79. The average molecular weight is 316 g/mol. The van der Waals surface area contributed by atoms with Crippen LogP contribution in [0.15, 0.2) is 66.2 Å². The third-order valence-corrected chi connectivity index (χ3v) is 6.59. The third-order valence-electron chi connectivity index (χ3n) is 6.59. The summed E-state index contributed by atoms with van der Waals surface area (Å²) in [5.41, 5.74) is 4.46. The van der Waals surface area contributed by atoms with E-state index in [0.717, 1.165) is 18.4 Å². The number of hydrogen-bond donors (Lipinski definition) is 0. The molecule has 0 heterocycles. The minimum atomic E-state index is -0.245. The predicted octanol–water partition coefficient (Wildman–Crippen LogP) is 5.42. The van der Waals surface area contributed by atoms with Gasteiger partial charge < -0.3 is 0 Å². The molecule has 122 valence electrons. The molecule has 1 nitrogen and oxygen atoms in total. The summed E-state index contributed by atoms with van der Waals surface area (Å²) in [6.45, 7) is 6.57. The van der Waals surface area contributed by atoms with Crippen LogP contribution in [0.3, 0.4) is 0 Å². The Morgan fingerprint density at radius 2 is 1.50 bits per heavy atom. The van der Waals surface area contributed by atoms with Crippen LogP contribution in [-0.4, -0.2) is 5.78 Å². The van der Waals surface area contributed by atoms with Gasteiger partial charge >= 0.3 is 0 Å². The number of hydrogen-bond acceptors (Lipinski definition) is 1. The Morgan fingerprint density at radius 3 is 2.04 bits per heavy atom. The van der Waals surface area contributed by atoms with Gasteiger partial charge in [-0.05, 0) is 35.5 Å². The number of ketones is 1. The molecule has 1 saturated carbocycles. The van der Waals surface area contributed by atoms with Gasteiger partial charge in [-0.2, -0.15) is 0 Å². The molecule has 0 amide bonds. The van der Waals surface area contributed by atoms with E-state index < -0.39 is 0 Å². The predicted molar refractivity (Wildman–Crippen MR) is 98.7 cm³/mol. The van der Waals surface area contributed by atoms with Crippen LogP contribution in [0.5, 0.6) is 0 Å². The fraction of sp³-hybridized carbons (Fsp3) is 0.348. The van der Waals surface area contributed by atoms with Crippen LogP contribution in [0.25, 0.3) is 5.57 Å². The van der Waals surface area contributed by atoms with E-state index in [-0.39, 0.29) is 10.8 Å². The van der Waals surface area contributed by atoms with Gasteiger partial charge in [-0.25, -0.2) is 0 Å². The van der Waals surface area contributed by atoms with Crippen molar-refractivity contribution in [2.24, 2.45) is 11.3 Å². The summed E-state index contributed by atoms with van der Waals surface area (Å²) in [7, 11) is 0. The Balaban J connectivity index is 2.04. The highest BCUT2D eigenvalue weighted by Crippen LogP contribution is 2.81. The molecule has 4 rings (SSSR count). The van der Waals surface area contributed by atoms with Crippen molar-refractivity contribution in [1.29, 1.82) is 0 Å². The van der Waals surface area contributed by atoms with E-state index in [4.69, 9.17) is 0 Å². The van der Waals surface area contributed by atoms with E-state index in [1.54, 1.807) is 0 Å². The molecule has 2 aliphatic carbocycles. The summed E-state index contributed by atoms with van der Waals surface area (Å²) in [6.07, 6.45) is 1.72. The average Bonchev–Trinajstić information content (AvgIpc) is 3.10. The van der Waals surface area contributed by atoms with Crippen LogP contribution in [-0.2, 0) is 10.2 Å². The Bertz CT molecular complexity index is 818. The fourth-order valence-corrected chi connectivity index (χ4v) is 5.61. The van der Waals surface area contributed by atoms with Gasteiger partial charge in [-0.15, -0.1) is 0 Å². The van der Waals surface area contributed by atoms with E-state index in [1.807, 2.05) is 6.07 Å². The largest absolute Gasteiger partial charge is 0.294 e. The van der Waals surface area contributed by atoms with Gasteiger partial charge in [0.25, 0.3) is 0 Å². The van der Waals surface area contributed by atoms with Crippen molar-refractivity contribution in [3.05, 3.63) is 77.4 Å². The highest BCUT2D eigenvalue weighted by Gasteiger charge is 2.82. The fourth-order valence-electron chi connectivity index (χ4n) is 5.61. The van der Waals surface area contributed by atoms with Crippen LogP contribution in [0.2, 0.25) is 0 Å². The monoisotopic (exact) mass is 316 g/mol. The zero-order chi connectivity index (χ0) is 16.9. The van der Waals surface area contributed by atoms with Crippen LogP contribution in [0, 0.1) is 11.3 Å². The van der Waals surface area contributed by atoms with Crippen molar-refractivity contribution in [2.75, 3.05) is 0 Å². The molecule has 0 saturated heterocycles. The van der Waals surface area contributed by atoms with E-state index in [0.29, 0.717) is 11.7 Å². The molecule has 3 atom stereocenters. The van der Waals surface area contributed by atoms with E-state index in [9.17, 15) is 4.79 Å². The van der Waals surface area contributed by atoms with Crippen molar-refractivity contribution in [3.63, 3.8) is 0 Å². The van der Waals surface area contributed by atoms with Gasteiger partial charge in [-0.3, -0.25) is 4.79 Å². The molecule has 2 aromatic carbocycles. The molecule has 1 fully saturated rings. The first-order valence-corrected chi connectivity index (χ1v) is 9.05. The Labute approximate surface area is 144 Å². The maximum absolute atomic E-state index is 13.4. The van der Waals surface area contributed by atoms with Crippen molar-refractivity contribution in [2.45, 2.75) is 39.0 Å². The second-order valence-electron chi connectivity index (χ2n) is 7.12. The van der Waals surface area contributed by atoms with Crippen LogP contribution in [0.4, 0.5) is 0 Å². The van der Waals surface area contributed by atoms with Crippen molar-refractivity contribution >= 4 is 11.4 Å². The maximum atomic E-state index is 13.4. The summed E-state index contributed by atoms with van der Waals surface area (Å²) in [4.78, 5) is 13.4. The van der Waals surface area contributed by atoms with E-state index in [2.05, 4.69) is 75.4 Å². The maximum Gasteiger partial charge on any atom is 0.166 e. The summed E-state index contributed by atoms with van der Waals surface area (Å²) >= 11 is 0. The molecule has 1 unspecified atom stereocenters. The molecule has 0 aromatic heterocycles. The molecule has 0 radical (unpaired) electrons. The van der Waals surface area contributed by atoms with Gasteiger partial charge in [0.2, 0.25) is 0 Å². The van der Waals surface area contributed by atoms with Crippen molar-refractivity contribution < 1.29 is 4.79 Å². The van der Waals surface area contributed by atoms with Gasteiger partial charge in [0.1, 0.15) is 0 Å². The van der Waals surface area contributed by atoms with Crippen molar-refractivity contribution in [1.82, 2.24) is 0 Å². The van der Waals surface area contributed by atoms with Gasteiger partial charge in [0.15, 0.2) is 5.78 Å². The smallest absolute Gasteiger partial charge is 0.166 e. The normalized spacial score (nSPS) is 31.3. The number of benzene rings is 2. The number of fused-ring (bicyclic) bond motifs is 1. The quantitative estimate of drug-likeness (QED) is 0.736. The summed E-state index contributed by atoms with van der Waals surface area (Å²) < 4.78 is 0. The number of carbonyl (C=O) groups is 1. The molecule has 2 aliphatic rings. The minimum Gasteiger partial charge on any atom is -0.294 e. The standard InChI is InChI=1S/C23H24O/c1-4-19-20(17-12-8-6-9-13-17)23(18-14-10-7-11-15-18)16(3)22(23,5-2)21(19)24/h6-16H,4-5H2,1-3H3/t16?,22-,23-/m0/s1. The van der Waals surface area contributed by atoms with Crippen LogP contribution < -0.4 is 0 Å². The molecule has 0 N–H and O–H groups in total. The second kappa shape index (κ2) is 5.17. The number of allylic oxidation sites excluding steroid dienone is 2. The van der Waals surface area contributed by atoms with Gasteiger partial charge in [0, 0.05) is 11.0 Å². The zero-order valence-electron chi connectivity index (χ0n) is 14.7. The van der Waals surface area contributed by atoms with Crippen molar-refractivity contribution in [3.8, 4) is 0 Å². The first kappa shape index (κ1) is 15.4. The molecule has 2 aromatic rings. The van der Waals surface area contributed by atoms with Gasteiger partial charge in [0.05, 0.1) is 5.41 Å². The first-order valence-electron chi connectivity index (χ1n) is 9.05. The zero-order valence-corrected chi connectivity index (χ0v) is 14.7. The first-order chi connectivity index (χ1) is 11.7. The number of carbonyl (C=O) groups excluding carboxylic acids is 1. The van der Waals surface area contributed by atoms with Crippen LogP contribution in [0.1, 0.15) is 44.7 Å². The number of Topliss-reactive ketones (excluding diaryl/α,β-unsaturated/α-hetero) is 1. The summed E-state index contributed by atoms with van der Waals surface area (Å²) in [5, 5.41) is 0. The summed E-state index contributed by atoms with van der Waals surface area (Å²) in [5.74, 6) is 0.748. The topological polar surface area (TPSA) is 17.1 Å². The van der Waals surface area contributed by atoms with Gasteiger partial charge in [-0.1, -0.05) is 81.4 Å². The SMILES string of the molecule is CCC1=C(c2ccccc2)[C@@]2(c3ccccc3)C(C)[C@@]2(CC)C1=O. The highest BCUT2D eigenvalue weighted by molar-refractivity contribution is 6.19. The highest BCUT2D eigenvalue weighted by atomic mass is 16.1. The molecular formula is C23H24O. The molecular weight excluding hydrogens is 292 g/mol. The molecule has 0 spiro atoms. The lowest BCUT2D eigenvalue weighted by Crippen LogP contribution is -2.20. The van der Waals surface area contributed by atoms with E-state index in [1.165, 1.54) is 16.7 Å². The minimum absolute atomic E-state index is 0.146. The third kappa shape index (κ3) is 1.53. The second-order valence-corrected chi connectivity index (χ2v) is 7.12.